The van der Waals surface area contributed by atoms with Crippen molar-refractivity contribution in [3.8, 4) is 0 Å². The number of fused-ring (bicyclic) bond motifs is 4. The molecule has 0 amide bonds. The first kappa shape index (κ1) is 13.3. The summed E-state index contributed by atoms with van der Waals surface area (Å²) in [5.74, 6) is 2.35. The summed E-state index contributed by atoms with van der Waals surface area (Å²) in [6, 6.07) is 0. The fraction of sp³-hybridized carbons (Fsp3) is 0.889. The fourth-order valence-corrected chi connectivity index (χ4v) is 6.16. The molecule has 0 saturated heterocycles. The largest absolute Gasteiger partial charge is 0.393 e. The van der Waals surface area contributed by atoms with Crippen LogP contribution in [0.25, 0.3) is 0 Å². The third kappa shape index (κ3) is 1.77. The summed E-state index contributed by atoms with van der Waals surface area (Å²) in [5, 5.41) is 20.3. The fourth-order valence-electron chi connectivity index (χ4n) is 6.16. The highest BCUT2D eigenvalue weighted by atomic mass is 16.3. The summed E-state index contributed by atoms with van der Waals surface area (Å²) in [6.45, 7) is 2.35. The van der Waals surface area contributed by atoms with Gasteiger partial charge in [-0.05, 0) is 81.0 Å². The van der Waals surface area contributed by atoms with E-state index in [9.17, 15) is 10.2 Å². The first-order valence-electron chi connectivity index (χ1n) is 8.66. The molecule has 20 heavy (non-hydrogen) atoms. The number of aliphatic hydroxyl groups excluding tert-OH is 2. The van der Waals surface area contributed by atoms with Crippen molar-refractivity contribution in [1.82, 2.24) is 0 Å². The molecule has 0 bridgehead atoms. The van der Waals surface area contributed by atoms with Crippen LogP contribution in [0.4, 0.5) is 0 Å². The average Bonchev–Trinajstić information content (AvgIpc) is 2.74. The Morgan fingerprint density at radius 2 is 1.85 bits per heavy atom. The van der Waals surface area contributed by atoms with Crippen LogP contribution in [0.1, 0.15) is 64.7 Å². The van der Waals surface area contributed by atoms with Gasteiger partial charge < -0.3 is 10.2 Å². The Kier molecular flexibility index (Phi) is 3.05. The van der Waals surface area contributed by atoms with Crippen LogP contribution < -0.4 is 0 Å². The molecule has 2 heteroatoms. The minimum Gasteiger partial charge on any atom is -0.393 e. The van der Waals surface area contributed by atoms with Crippen molar-refractivity contribution < 1.29 is 10.2 Å². The molecular weight excluding hydrogens is 248 g/mol. The maximum atomic E-state index is 10.4. The van der Waals surface area contributed by atoms with Crippen molar-refractivity contribution in [1.29, 1.82) is 0 Å². The molecule has 2 N–H and O–H groups in total. The summed E-state index contributed by atoms with van der Waals surface area (Å²) in [7, 11) is 0. The first-order valence-corrected chi connectivity index (χ1v) is 8.66. The number of hydrogen-bond acceptors (Lipinski definition) is 2. The van der Waals surface area contributed by atoms with Gasteiger partial charge in [0, 0.05) is 0 Å². The number of allylic oxidation sites excluding steroid dienone is 1. The highest BCUT2D eigenvalue weighted by Crippen LogP contribution is 2.61. The summed E-state index contributed by atoms with van der Waals surface area (Å²) in [6.07, 6.45) is 10.2. The molecular formula is C18H28O2. The summed E-state index contributed by atoms with van der Waals surface area (Å²) >= 11 is 0. The first-order chi connectivity index (χ1) is 9.59. The Balaban J connectivity index is 1.64. The van der Waals surface area contributed by atoms with Gasteiger partial charge >= 0.3 is 0 Å². The van der Waals surface area contributed by atoms with E-state index in [1.807, 2.05) is 0 Å². The number of aliphatic hydroxyl groups is 2. The number of rotatable bonds is 0. The monoisotopic (exact) mass is 276 g/mol. The van der Waals surface area contributed by atoms with Crippen molar-refractivity contribution in [3.05, 3.63) is 11.1 Å². The van der Waals surface area contributed by atoms with Gasteiger partial charge in [-0.3, -0.25) is 0 Å². The van der Waals surface area contributed by atoms with Crippen molar-refractivity contribution in [2.24, 2.45) is 23.2 Å². The maximum absolute atomic E-state index is 10.4. The van der Waals surface area contributed by atoms with Gasteiger partial charge in [0.1, 0.15) is 0 Å². The molecule has 0 spiro atoms. The Morgan fingerprint density at radius 1 is 1.00 bits per heavy atom. The minimum absolute atomic E-state index is 0.0583. The zero-order valence-electron chi connectivity index (χ0n) is 12.6. The van der Waals surface area contributed by atoms with Gasteiger partial charge in [0.2, 0.25) is 0 Å². The van der Waals surface area contributed by atoms with Crippen LogP contribution in [-0.2, 0) is 0 Å². The summed E-state index contributed by atoms with van der Waals surface area (Å²) in [5.41, 5.74) is 3.54. The predicted octanol–water partition coefficient (Wildman–Crippen LogP) is 3.43. The topological polar surface area (TPSA) is 40.5 Å². The third-order valence-electron chi connectivity index (χ3n) is 7.30. The van der Waals surface area contributed by atoms with E-state index in [-0.39, 0.29) is 17.6 Å². The SMILES string of the molecule is C[C@]12CCC3C4=C(CC[C@H]3C1CC[C@@H]2O)C[C@@H](O)CC4. The molecule has 112 valence electrons. The van der Waals surface area contributed by atoms with Crippen LogP contribution in [0, 0.1) is 23.2 Å². The molecule has 0 aromatic rings. The molecule has 0 aromatic carbocycles. The van der Waals surface area contributed by atoms with Crippen LogP contribution in [0.2, 0.25) is 0 Å². The molecule has 6 atom stereocenters. The second-order valence-corrected chi connectivity index (χ2v) is 8.08. The lowest BCUT2D eigenvalue weighted by Crippen LogP contribution is -2.45. The molecule has 2 saturated carbocycles. The average molecular weight is 276 g/mol. The van der Waals surface area contributed by atoms with Gasteiger partial charge in [-0.25, -0.2) is 0 Å². The highest BCUT2D eigenvalue weighted by molar-refractivity contribution is 5.27. The van der Waals surface area contributed by atoms with Gasteiger partial charge in [0.15, 0.2) is 0 Å². The van der Waals surface area contributed by atoms with E-state index in [1.165, 1.54) is 32.1 Å². The Labute approximate surface area is 122 Å². The molecule has 0 aliphatic heterocycles. The molecule has 2 fully saturated rings. The van der Waals surface area contributed by atoms with Crippen LogP contribution in [-0.4, -0.2) is 22.4 Å². The zero-order chi connectivity index (χ0) is 13.9. The molecule has 4 aliphatic rings. The van der Waals surface area contributed by atoms with Gasteiger partial charge in [0.25, 0.3) is 0 Å². The Bertz CT molecular complexity index is 441. The standard InChI is InChI=1S/C18H28O2/c1-18-9-8-14-13-5-3-12(19)10-11(13)2-4-15(14)16(18)6-7-17(18)20/h12,14-17,19-20H,2-10H2,1H3/t12-,14?,15+,16?,17-,18-/m0/s1. The van der Waals surface area contributed by atoms with E-state index in [0.717, 1.165) is 43.4 Å². The van der Waals surface area contributed by atoms with E-state index >= 15 is 0 Å². The molecule has 0 radical (unpaired) electrons. The van der Waals surface area contributed by atoms with Gasteiger partial charge in [-0.2, -0.15) is 0 Å². The quantitative estimate of drug-likeness (QED) is 0.666. The molecule has 2 nitrogen and oxygen atoms in total. The van der Waals surface area contributed by atoms with Crippen LogP contribution in [0.15, 0.2) is 11.1 Å². The Hall–Kier alpha value is -0.340. The van der Waals surface area contributed by atoms with E-state index < -0.39 is 0 Å². The smallest absolute Gasteiger partial charge is 0.0596 e. The summed E-state index contributed by atoms with van der Waals surface area (Å²) in [4.78, 5) is 0. The third-order valence-corrected chi connectivity index (χ3v) is 7.30. The second kappa shape index (κ2) is 4.58. The van der Waals surface area contributed by atoms with E-state index in [2.05, 4.69) is 6.92 Å². The highest BCUT2D eigenvalue weighted by Gasteiger charge is 2.54. The molecule has 4 rings (SSSR count). The van der Waals surface area contributed by atoms with Crippen molar-refractivity contribution in [2.45, 2.75) is 76.9 Å². The van der Waals surface area contributed by atoms with Crippen molar-refractivity contribution in [2.75, 3.05) is 0 Å². The predicted molar refractivity (Wildman–Crippen MR) is 79.2 cm³/mol. The minimum atomic E-state index is -0.0764. The lowest BCUT2D eigenvalue weighted by atomic mass is 9.54. The van der Waals surface area contributed by atoms with Crippen LogP contribution in [0.3, 0.4) is 0 Å². The number of hydrogen-bond donors (Lipinski definition) is 2. The van der Waals surface area contributed by atoms with Gasteiger partial charge in [-0.1, -0.05) is 18.1 Å². The zero-order valence-corrected chi connectivity index (χ0v) is 12.6. The summed E-state index contributed by atoms with van der Waals surface area (Å²) < 4.78 is 0. The van der Waals surface area contributed by atoms with E-state index in [1.54, 1.807) is 11.1 Å². The van der Waals surface area contributed by atoms with Crippen molar-refractivity contribution in [3.63, 3.8) is 0 Å². The van der Waals surface area contributed by atoms with E-state index in [0.29, 0.717) is 0 Å². The molecule has 0 aromatic heterocycles. The molecule has 0 heterocycles. The molecule has 2 unspecified atom stereocenters. The normalized spacial score (nSPS) is 51.5. The lowest BCUT2D eigenvalue weighted by Gasteiger charge is -2.51. The second-order valence-electron chi connectivity index (χ2n) is 8.08. The molecule has 4 aliphatic carbocycles. The Morgan fingerprint density at radius 3 is 2.70 bits per heavy atom. The van der Waals surface area contributed by atoms with E-state index in [4.69, 9.17) is 0 Å². The van der Waals surface area contributed by atoms with Gasteiger partial charge in [-0.15, -0.1) is 0 Å². The van der Waals surface area contributed by atoms with Crippen LogP contribution in [0.5, 0.6) is 0 Å². The lowest BCUT2D eigenvalue weighted by molar-refractivity contribution is -0.0326. The van der Waals surface area contributed by atoms with Crippen LogP contribution >= 0.6 is 0 Å². The van der Waals surface area contributed by atoms with Gasteiger partial charge in [0.05, 0.1) is 12.2 Å². The van der Waals surface area contributed by atoms with Crippen molar-refractivity contribution >= 4 is 0 Å². The maximum Gasteiger partial charge on any atom is 0.0596 e.